The molecule has 0 aromatic heterocycles. The van der Waals surface area contributed by atoms with E-state index in [0.717, 1.165) is 27.7 Å². The summed E-state index contributed by atoms with van der Waals surface area (Å²) >= 11 is 3.40. The van der Waals surface area contributed by atoms with E-state index < -0.39 is 11.6 Å². The van der Waals surface area contributed by atoms with Crippen molar-refractivity contribution in [2.24, 2.45) is 0 Å². The van der Waals surface area contributed by atoms with Crippen LogP contribution < -0.4 is 4.74 Å². The largest absolute Gasteiger partial charge is 0.488 e. The molecule has 1 aliphatic rings. The highest BCUT2D eigenvalue weighted by molar-refractivity contribution is 9.10. The van der Waals surface area contributed by atoms with E-state index in [4.69, 9.17) is 10.00 Å². The number of halogens is 3. The summed E-state index contributed by atoms with van der Waals surface area (Å²) in [5.74, 6) is -1.62. The summed E-state index contributed by atoms with van der Waals surface area (Å²) in [6.45, 7) is 0.247. The number of ether oxygens (including phenoxy) is 1. The van der Waals surface area contributed by atoms with Crippen LogP contribution in [-0.2, 0) is 6.61 Å². The van der Waals surface area contributed by atoms with Gasteiger partial charge in [-0.2, -0.15) is 5.26 Å². The molecule has 0 fully saturated rings. The minimum absolute atomic E-state index is 0.170. The summed E-state index contributed by atoms with van der Waals surface area (Å²) in [4.78, 5) is 0. The molecule has 1 aliphatic heterocycles. The third-order valence-electron chi connectivity index (χ3n) is 3.45. The van der Waals surface area contributed by atoms with Gasteiger partial charge in [0.25, 0.3) is 0 Å². The predicted octanol–water partition coefficient (Wildman–Crippen LogP) is 4.97. The zero-order valence-electron chi connectivity index (χ0n) is 11.4. The molecule has 0 bridgehead atoms. The van der Waals surface area contributed by atoms with Gasteiger partial charge in [0.15, 0.2) is 11.6 Å². The van der Waals surface area contributed by atoms with Crippen molar-refractivity contribution in [1.29, 1.82) is 5.26 Å². The van der Waals surface area contributed by atoms with Gasteiger partial charge in [-0.25, -0.2) is 8.78 Å². The Bertz CT molecular complexity index is 824. The lowest BCUT2D eigenvalue weighted by Gasteiger charge is -2.10. The van der Waals surface area contributed by atoms with Crippen LogP contribution in [0.3, 0.4) is 0 Å². The van der Waals surface area contributed by atoms with Gasteiger partial charge >= 0.3 is 0 Å². The smallest absolute Gasteiger partial charge is 0.162 e. The second-order valence-electron chi connectivity index (χ2n) is 4.83. The molecule has 0 spiro atoms. The molecule has 110 valence electrons. The average Bonchev–Trinajstić information content (AvgIpc) is 2.63. The second kappa shape index (κ2) is 5.90. The Balaban J connectivity index is 2.26. The van der Waals surface area contributed by atoms with Crippen molar-refractivity contribution in [1.82, 2.24) is 0 Å². The molecule has 5 heteroatoms. The van der Waals surface area contributed by atoms with Crippen LogP contribution in [-0.4, -0.2) is 0 Å². The summed E-state index contributed by atoms with van der Waals surface area (Å²) in [6.07, 6.45) is 1.88. The van der Waals surface area contributed by atoms with Gasteiger partial charge in [0.1, 0.15) is 12.4 Å². The first-order chi connectivity index (χ1) is 10.6. The molecule has 2 aromatic rings. The maximum absolute atomic E-state index is 13.6. The van der Waals surface area contributed by atoms with Gasteiger partial charge in [-0.3, -0.25) is 0 Å². The van der Waals surface area contributed by atoms with Crippen LogP contribution in [0.25, 0.3) is 5.57 Å². The van der Waals surface area contributed by atoms with Gasteiger partial charge in [0, 0.05) is 16.1 Å². The molecule has 0 aliphatic carbocycles. The number of hydrogen-bond acceptors (Lipinski definition) is 2. The zero-order valence-corrected chi connectivity index (χ0v) is 13.0. The number of benzene rings is 2. The van der Waals surface area contributed by atoms with Gasteiger partial charge in [0.2, 0.25) is 0 Å². The van der Waals surface area contributed by atoms with Crippen molar-refractivity contribution in [2.45, 2.75) is 13.0 Å². The topological polar surface area (TPSA) is 33.0 Å². The van der Waals surface area contributed by atoms with Gasteiger partial charge < -0.3 is 4.74 Å². The molecular weight excluding hydrogens is 352 g/mol. The number of fused-ring (bicyclic) bond motifs is 2. The summed E-state index contributed by atoms with van der Waals surface area (Å²) < 4.78 is 33.6. The minimum atomic E-state index is -0.953. The molecule has 0 amide bonds. The molecule has 1 heterocycles. The molecule has 0 atom stereocenters. The first-order valence-electron chi connectivity index (χ1n) is 6.58. The number of hydrogen-bond donors (Lipinski definition) is 0. The summed E-state index contributed by atoms with van der Waals surface area (Å²) in [5, 5.41) is 8.84. The highest BCUT2D eigenvalue weighted by atomic mass is 79.9. The van der Waals surface area contributed by atoms with E-state index in [-0.39, 0.29) is 18.8 Å². The van der Waals surface area contributed by atoms with Gasteiger partial charge in [-0.15, -0.1) is 0 Å². The van der Waals surface area contributed by atoms with E-state index in [9.17, 15) is 8.78 Å². The van der Waals surface area contributed by atoms with Crippen molar-refractivity contribution in [3.05, 3.63) is 69.2 Å². The summed E-state index contributed by atoms with van der Waals surface area (Å²) in [6, 6.07) is 9.84. The lowest BCUT2D eigenvalue weighted by atomic mass is 9.93. The summed E-state index contributed by atoms with van der Waals surface area (Å²) in [7, 11) is 0. The van der Waals surface area contributed by atoms with E-state index in [2.05, 4.69) is 15.9 Å². The Morgan fingerprint density at radius 2 is 1.95 bits per heavy atom. The van der Waals surface area contributed by atoms with Crippen molar-refractivity contribution in [2.75, 3.05) is 0 Å². The van der Waals surface area contributed by atoms with E-state index in [1.165, 1.54) is 0 Å². The second-order valence-corrected chi connectivity index (χ2v) is 5.75. The summed E-state index contributed by atoms with van der Waals surface area (Å²) in [5.41, 5.74) is 2.87. The molecule has 0 N–H and O–H groups in total. The van der Waals surface area contributed by atoms with Crippen LogP contribution in [0, 0.1) is 23.0 Å². The van der Waals surface area contributed by atoms with Gasteiger partial charge in [-0.05, 0) is 34.9 Å². The van der Waals surface area contributed by atoms with Crippen molar-refractivity contribution in [3.8, 4) is 11.8 Å². The Labute approximate surface area is 134 Å². The average molecular weight is 362 g/mol. The molecule has 0 saturated carbocycles. The third-order valence-corrected chi connectivity index (χ3v) is 3.94. The zero-order chi connectivity index (χ0) is 15.7. The Morgan fingerprint density at radius 3 is 2.73 bits per heavy atom. The first-order valence-corrected chi connectivity index (χ1v) is 7.37. The minimum Gasteiger partial charge on any atom is -0.488 e. The molecular formula is C17H10BrF2NO. The first kappa shape index (κ1) is 14.7. The molecule has 22 heavy (non-hydrogen) atoms. The van der Waals surface area contributed by atoms with Crippen LogP contribution in [0.15, 0.2) is 40.9 Å². The fourth-order valence-corrected chi connectivity index (χ4v) is 2.88. The van der Waals surface area contributed by atoms with Gasteiger partial charge in [0.05, 0.1) is 12.5 Å². The highest BCUT2D eigenvalue weighted by Gasteiger charge is 2.21. The SMILES string of the molecule is N#CC/C=C1/c2ccc(Br)cc2COc2cc(F)c(F)cc21. The molecule has 2 aromatic carbocycles. The standard InChI is InChI=1S/C17H10BrF2NO/c18-11-3-4-12-10(6-11)9-22-17-8-16(20)15(19)7-14(17)13(12)2-1-5-21/h2-4,6-8H,1,9H2/b13-2-. The maximum atomic E-state index is 13.6. The van der Waals surface area contributed by atoms with Crippen LogP contribution in [0.5, 0.6) is 5.75 Å². The van der Waals surface area contributed by atoms with E-state index in [1.54, 1.807) is 6.08 Å². The van der Waals surface area contributed by atoms with Crippen LogP contribution in [0.2, 0.25) is 0 Å². The van der Waals surface area contributed by atoms with Crippen molar-refractivity contribution < 1.29 is 13.5 Å². The van der Waals surface area contributed by atoms with Crippen LogP contribution in [0.1, 0.15) is 23.1 Å². The van der Waals surface area contributed by atoms with E-state index in [1.807, 2.05) is 24.3 Å². The van der Waals surface area contributed by atoms with Crippen molar-refractivity contribution in [3.63, 3.8) is 0 Å². The van der Waals surface area contributed by atoms with E-state index in [0.29, 0.717) is 11.1 Å². The molecule has 0 saturated heterocycles. The lowest BCUT2D eigenvalue weighted by molar-refractivity contribution is 0.304. The van der Waals surface area contributed by atoms with E-state index >= 15 is 0 Å². The number of allylic oxidation sites excluding steroid dienone is 1. The normalized spacial score (nSPS) is 14.5. The number of nitrogens with zero attached hydrogens (tertiary/aromatic N) is 1. The fraction of sp³-hybridized carbons (Fsp3) is 0.118. The monoisotopic (exact) mass is 361 g/mol. The number of rotatable bonds is 1. The van der Waals surface area contributed by atoms with Crippen LogP contribution >= 0.6 is 15.9 Å². The number of nitriles is 1. The third kappa shape index (κ3) is 2.62. The molecule has 0 radical (unpaired) electrons. The molecule has 3 rings (SSSR count). The fourth-order valence-electron chi connectivity index (χ4n) is 2.47. The Morgan fingerprint density at radius 1 is 1.18 bits per heavy atom. The Kier molecular flexibility index (Phi) is 3.95. The maximum Gasteiger partial charge on any atom is 0.162 e. The Hall–Kier alpha value is -2.19. The predicted molar refractivity (Wildman–Crippen MR) is 82.1 cm³/mol. The highest BCUT2D eigenvalue weighted by Crippen LogP contribution is 2.38. The van der Waals surface area contributed by atoms with Crippen LogP contribution in [0.4, 0.5) is 8.78 Å². The van der Waals surface area contributed by atoms with Gasteiger partial charge in [-0.1, -0.05) is 28.1 Å². The quantitative estimate of drug-likeness (QED) is 0.718. The lowest BCUT2D eigenvalue weighted by Crippen LogP contribution is -1.96. The molecule has 2 nitrogen and oxygen atoms in total. The molecule has 0 unspecified atom stereocenters. The van der Waals surface area contributed by atoms with Crippen molar-refractivity contribution >= 4 is 21.5 Å².